The van der Waals surface area contributed by atoms with Crippen molar-refractivity contribution in [3.8, 4) is 0 Å². The zero-order chi connectivity index (χ0) is 11.0. The van der Waals surface area contributed by atoms with Crippen LogP contribution < -0.4 is 5.84 Å². The molecule has 0 aliphatic carbocycles. The molecule has 0 saturated carbocycles. The molecule has 0 aliphatic heterocycles. The van der Waals surface area contributed by atoms with E-state index in [0.29, 0.717) is 5.56 Å². The molecule has 86 valence electrons. The van der Waals surface area contributed by atoms with E-state index in [-0.39, 0.29) is 23.4 Å². The number of aromatic amines is 1. The number of imidazole rings is 1. The average Bonchev–Trinajstić information content (AvgIpc) is 2.55. The first-order valence-corrected chi connectivity index (χ1v) is 4.37. The van der Waals surface area contributed by atoms with Crippen LogP contribution in [0, 0.1) is 12.3 Å². The van der Waals surface area contributed by atoms with E-state index in [1.807, 2.05) is 6.92 Å². The van der Waals surface area contributed by atoms with Gasteiger partial charge in [-0.05, 0) is 25.1 Å². The van der Waals surface area contributed by atoms with Crippen molar-refractivity contribution in [2.24, 2.45) is 5.84 Å². The number of hydrogen-bond donors (Lipinski definition) is 4. The molecule has 6 nitrogen and oxygen atoms in total. The number of rotatable bonds is 1. The summed E-state index contributed by atoms with van der Waals surface area (Å²) in [5.74, 6) is 5.70. The first-order valence-electron chi connectivity index (χ1n) is 4.37. The molecule has 16 heavy (non-hydrogen) atoms. The topological polar surface area (TPSA) is 102 Å². The number of aryl methyl sites for hydroxylation is 1. The maximum absolute atomic E-state index is 8.91. The summed E-state index contributed by atoms with van der Waals surface area (Å²) in [7, 11) is 0. The van der Waals surface area contributed by atoms with E-state index < -0.39 is 0 Å². The van der Waals surface area contributed by atoms with Gasteiger partial charge in [0.2, 0.25) is 0 Å². The first kappa shape index (κ1) is 12.4. The van der Waals surface area contributed by atoms with Crippen molar-refractivity contribution in [2.45, 2.75) is 6.92 Å². The van der Waals surface area contributed by atoms with Crippen LogP contribution in [0.25, 0.3) is 11.0 Å². The Kier molecular flexibility index (Phi) is 3.48. The number of halogens is 1. The average molecular weight is 242 g/mol. The summed E-state index contributed by atoms with van der Waals surface area (Å²) in [5.41, 5.74) is 2.17. The largest absolute Gasteiger partial charge is 0.342 e. The molecule has 0 saturated heterocycles. The van der Waals surface area contributed by atoms with Crippen molar-refractivity contribution in [3.63, 3.8) is 0 Å². The lowest BCUT2D eigenvalue weighted by atomic mass is 10.2. The molecule has 0 bridgehead atoms. The van der Waals surface area contributed by atoms with E-state index in [2.05, 4.69) is 9.97 Å². The second-order valence-electron chi connectivity index (χ2n) is 3.25. The Morgan fingerprint density at radius 2 is 2.25 bits per heavy atom. The van der Waals surface area contributed by atoms with Gasteiger partial charge in [0, 0.05) is 5.56 Å². The highest BCUT2D eigenvalue weighted by atomic mass is 35.5. The second kappa shape index (κ2) is 4.48. The molecule has 0 aliphatic rings. The summed E-state index contributed by atoms with van der Waals surface area (Å²) < 4.78 is 0. The van der Waals surface area contributed by atoms with Crippen molar-refractivity contribution in [3.05, 3.63) is 29.6 Å². The van der Waals surface area contributed by atoms with Gasteiger partial charge in [-0.15, -0.1) is 12.4 Å². The third-order valence-electron chi connectivity index (χ3n) is 2.10. The number of hydrazine groups is 1. The Morgan fingerprint density at radius 3 is 2.88 bits per heavy atom. The summed E-state index contributed by atoms with van der Waals surface area (Å²) in [6, 6.07) is 5.17. The van der Waals surface area contributed by atoms with Crippen LogP contribution in [0.1, 0.15) is 11.4 Å². The number of hydroxylamine groups is 1. The van der Waals surface area contributed by atoms with Crippen molar-refractivity contribution in [1.82, 2.24) is 15.1 Å². The summed E-state index contributed by atoms with van der Waals surface area (Å²) in [5, 5.41) is 16.7. The van der Waals surface area contributed by atoms with Crippen LogP contribution in [0.4, 0.5) is 0 Å². The highest BCUT2D eigenvalue weighted by molar-refractivity contribution is 5.98. The third-order valence-corrected chi connectivity index (χ3v) is 2.10. The molecule has 2 rings (SSSR count). The molecule has 1 heterocycles. The summed E-state index contributed by atoms with van der Waals surface area (Å²) >= 11 is 0. The number of nitrogens with one attached hydrogen (secondary N) is 2. The quantitative estimate of drug-likeness (QED) is 0.261. The molecule has 0 radical (unpaired) electrons. The van der Waals surface area contributed by atoms with Crippen LogP contribution in [0.3, 0.4) is 0 Å². The zero-order valence-corrected chi connectivity index (χ0v) is 9.38. The van der Waals surface area contributed by atoms with Gasteiger partial charge in [-0.3, -0.25) is 10.6 Å². The number of hydrogen-bond acceptors (Lipinski definition) is 4. The monoisotopic (exact) mass is 241 g/mol. The number of H-pyrrole nitrogens is 1. The van der Waals surface area contributed by atoms with E-state index in [1.165, 1.54) is 0 Å². The fourth-order valence-corrected chi connectivity index (χ4v) is 1.42. The Morgan fingerprint density at radius 1 is 1.56 bits per heavy atom. The van der Waals surface area contributed by atoms with Crippen LogP contribution in [-0.2, 0) is 0 Å². The van der Waals surface area contributed by atoms with Crippen molar-refractivity contribution in [2.75, 3.05) is 0 Å². The lowest BCUT2D eigenvalue weighted by Crippen LogP contribution is -2.33. The molecule has 0 amide bonds. The Balaban J connectivity index is 0.00000128. The fraction of sp³-hybridized carbons (Fsp3) is 0.111. The second-order valence-corrected chi connectivity index (χ2v) is 3.25. The van der Waals surface area contributed by atoms with Gasteiger partial charge in [0.25, 0.3) is 0 Å². The van der Waals surface area contributed by atoms with Crippen molar-refractivity contribution in [1.29, 1.82) is 5.41 Å². The Hall–Kier alpha value is -1.63. The molecule has 0 atom stereocenters. The van der Waals surface area contributed by atoms with Crippen LogP contribution in [0.15, 0.2) is 18.2 Å². The minimum Gasteiger partial charge on any atom is -0.342 e. The molecular weight excluding hydrogens is 230 g/mol. The smallest absolute Gasteiger partial charge is 0.170 e. The molecular formula is C9H12ClN5O. The number of nitrogens with two attached hydrogens (primary N) is 1. The minimum absolute atomic E-state index is 0. The maximum Gasteiger partial charge on any atom is 0.170 e. The number of nitrogens with zero attached hydrogens (tertiary/aromatic N) is 2. The molecule has 7 heteroatoms. The standard InChI is InChI=1S/C9H11N5O.ClH/c1-5-12-7-3-2-6(4-8(7)13-5)9(10)14(11)15;/h2-4,10,15H,11H2,1H3,(H,12,13);1H. The molecule has 1 aromatic heterocycles. The van der Waals surface area contributed by atoms with Crippen molar-refractivity contribution >= 4 is 29.3 Å². The van der Waals surface area contributed by atoms with Gasteiger partial charge < -0.3 is 4.98 Å². The van der Waals surface area contributed by atoms with E-state index in [1.54, 1.807) is 18.2 Å². The van der Waals surface area contributed by atoms with Crippen LogP contribution in [-0.4, -0.2) is 26.2 Å². The predicted octanol–water partition coefficient (Wildman–Crippen LogP) is 1.18. The van der Waals surface area contributed by atoms with Crippen LogP contribution in [0.5, 0.6) is 0 Å². The highest BCUT2D eigenvalue weighted by Gasteiger charge is 2.07. The van der Waals surface area contributed by atoms with Gasteiger partial charge in [0.15, 0.2) is 5.84 Å². The van der Waals surface area contributed by atoms with E-state index >= 15 is 0 Å². The lowest BCUT2D eigenvalue weighted by molar-refractivity contribution is -0.0158. The van der Waals surface area contributed by atoms with Gasteiger partial charge in [-0.1, -0.05) is 0 Å². The number of aromatic nitrogens is 2. The summed E-state index contributed by atoms with van der Waals surface area (Å²) in [4.78, 5) is 7.27. The number of amidine groups is 1. The third kappa shape index (κ3) is 2.13. The Labute approximate surface area is 97.9 Å². The lowest BCUT2D eigenvalue weighted by Gasteiger charge is -2.10. The number of benzene rings is 1. The van der Waals surface area contributed by atoms with E-state index in [4.69, 9.17) is 16.5 Å². The molecule has 5 N–H and O–H groups in total. The molecule has 0 spiro atoms. The number of fused-ring (bicyclic) bond motifs is 1. The minimum atomic E-state index is -0.163. The first-order chi connectivity index (χ1) is 7.08. The van der Waals surface area contributed by atoms with Gasteiger partial charge in [0.05, 0.1) is 11.0 Å². The maximum atomic E-state index is 8.91. The van der Waals surface area contributed by atoms with E-state index in [0.717, 1.165) is 16.9 Å². The molecule has 1 aromatic carbocycles. The molecule has 0 fully saturated rings. The zero-order valence-electron chi connectivity index (χ0n) is 8.56. The normalized spacial score (nSPS) is 9.94. The Bertz CT molecular complexity index is 522. The molecule has 0 unspecified atom stereocenters. The van der Waals surface area contributed by atoms with Crippen LogP contribution >= 0.6 is 12.4 Å². The van der Waals surface area contributed by atoms with E-state index in [9.17, 15) is 0 Å². The van der Waals surface area contributed by atoms with Crippen molar-refractivity contribution < 1.29 is 5.21 Å². The fourth-order valence-electron chi connectivity index (χ4n) is 1.42. The van der Waals surface area contributed by atoms with Gasteiger partial charge >= 0.3 is 0 Å². The predicted molar refractivity (Wildman–Crippen MR) is 62.7 cm³/mol. The highest BCUT2D eigenvalue weighted by Crippen LogP contribution is 2.13. The molecule has 2 aromatic rings. The summed E-state index contributed by atoms with van der Waals surface area (Å²) in [6.07, 6.45) is 0. The van der Waals surface area contributed by atoms with Gasteiger partial charge in [-0.25, -0.2) is 10.8 Å². The van der Waals surface area contributed by atoms with Crippen LogP contribution in [0.2, 0.25) is 0 Å². The summed E-state index contributed by atoms with van der Waals surface area (Å²) in [6.45, 7) is 1.85. The van der Waals surface area contributed by atoms with Gasteiger partial charge in [-0.2, -0.15) is 5.17 Å². The van der Waals surface area contributed by atoms with Gasteiger partial charge in [0.1, 0.15) is 5.82 Å². The SMILES string of the molecule is Cc1nc2ccc(C(=N)N(N)O)cc2[nH]1.Cl.